The maximum Gasteiger partial charge on any atom is 0.245 e. The lowest BCUT2D eigenvalue weighted by atomic mass is 10.1. The van der Waals surface area contributed by atoms with Crippen molar-refractivity contribution in [3.05, 3.63) is 63.1 Å². The van der Waals surface area contributed by atoms with Crippen LogP contribution in [-0.2, 0) is 4.79 Å². The Morgan fingerprint density at radius 3 is 2.25 bits per heavy atom. The van der Waals surface area contributed by atoms with Gasteiger partial charge in [0.05, 0.1) is 20.8 Å². The zero-order valence-electron chi connectivity index (χ0n) is 10.2. The van der Waals surface area contributed by atoms with E-state index in [0.717, 1.165) is 0 Å². The second-order valence-electron chi connectivity index (χ2n) is 4.12. The fraction of sp³-hybridized carbons (Fsp3) is 0.0714. The summed E-state index contributed by atoms with van der Waals surface area (Å²) in [4.78, 5) is 12.1. The van der Waals surface area contributed by atoms with E-state index in [9.17, 15) is 4.79 Å². The molecule has 0 heterocycles. The zero-order valence-corrected chi connectivity index (χ0v) is 12.5. The minimum atomic E-state index is -0.790. The maximum absolute atomic E-state index is 12.1. The molecule has 1 atom stereocenters. The molecule has 3 N–H and O–H groups in total. The fourth-order valence-electron chi connectivity index (χ4n) is 1.64. The van der Waals surface area contributed by atoms with E-state index in [4.69, 9.17) is 40.5 Å². The Labute approximate surface area is 131 Å². The molecule has 0 aromatic heterocycles. The van der Waals surface area contributed by atoms with Gasteiger partial charge in [0.1, 0.15) is 6.04 Å². The van der Waals surface area contributed by atoms with Gasteiger partial charge in [0.2, 0.25) is 5.91 Å². The molecule has 0 aliphatic carbocycles. The number of nitrogens with two attached hydrogens (primary N) is 1. The van der Waals surface area contributed by atoms with Gasteiger partial charge in [-0.2, -0.15) is 0 Å². The Kier molecular flexibility index (Phi) is 4.89. The van der Waals surface area contributed by atoms with Crippen molar-refractivity contribution < 1.29 is 4.79 Å². The van der Waals surface area contributed by atoms with Crippen molar-refractivity contribution in [2.75, 3.05) is 5.32 Å². The molecule has 6 heteroatoms. The number of hydrogen-bond donors (Lipinski definition) is 2. The van der Waals surface area contributed by atoms with Crippen LogP contribution in [0.5, 0.6) is 0 Å². The van der Waals surface area contributed by atoms with Crippen LogP contribution in [0.4, 0.5) is 5.69 Å². The van der Waals surface area contributed by atoms with E-state index < -0.39 is 6.04 Å². The van der Waals surface area contributed by atoms with Gasteiger partial charge >= 0.3 is 0 Å². The van der Waals surface area contributed by atoms with Crippen LogP contribution in [0.2, 0.25) is 15.1 Å². The molecule has 3 nitrogen and oxygen atoms in total. The molecule has 0 saturated heterocycles. The maximum atomic E-state index is 12.1. The monoisotopic (exact) mass is 328 g/mol. The molecule has 0 spiro atoms. The quantitative estimate of drug-likeness (QED) is 0.826. The number of rotatable bonds is 3. The van der Waals surface area contributed by atoms with Crippen molar-refractivity contribution in [3.63, 3.8) is 0 Å². The number of amides is 1. The largest absolute Gasteiger partial charge is 0.323 e. The molecule has 2 aromatic carbocycles. The van der Waals surface area contributed by atoms with Crippen LogP contribution in [0.1, 0.15) is 11.6 Å². The van der Waals surface area contributed by atoms with E-state index in [1.165, 1.54) is 12.1 Å². The summed E-state index contributed by atoms with van der Waals surface area (Å²) >= 11 is 17.7. The van der Waals surface area contributed by atoms with Gasteiger partial charge in [-0.05, 0) is 17.7 Å². The average Bonchev–Trinajstić information content (AvgIpc) is 2.44. The fourth-order valence-corrected chi connectivity index (χ4v) is 2.23. The Hall–Kier alpha value is -1.26. The predicted molar refractivity (Wildman–Crippen MR) is 83.5 cm³/mol. The van der Waals surface area contributed by atoms with Gasteiger partial charge in [-0.15, -0.1) is 0 Å². The zero-order chi connectivity index (χ0) is 14.7. The first-order valence-electron chi connectivity index (χ1n) is 5.75. The van der Waals surface area contributed by atoms with Crippen molar-refractivity contribution in [1.82, 2.24) is 0 Å². The van der Waals surface area contributed by atoms with E-state index in [-0.39, 0.29) is 5.91 Å². The van der Waals surface area contributed by atoms with Crippen molar-refractivity contribution in [1.29, 1.82) is 0 Å². The second-order valence-corrected chi connectivity index (χ2v) is 5.35. The van der Waals surface area contributed by atoms with Crippen LogP contribution in [0.25, 0.3) is 0 Å². The van der Waals surface area contributed by atoms with E-state index in [1.807, 2.05) is 18.2 Å². The normalized spacial score (nSPS) is 12.0. The van der Waals surface area contributed by atoms with Gasteiger partial charge in [-0.1, -0.05) is 65.1 Å². The molecule has 0 aliphatic heterocycles. The Balaban J connectivity index is 2.18. The van der Waals surface area contributed by atoms with Crippen molar-refractivity contribution >= 4 is 46.4 Å². The molecule has 104 valence electrons. The first kappa shape index (κ1) is 15.1. The molecule has 2 rings (SSSR count). The predicted octanol–water partition coefficient (Wildman–Crippen LogP) is 4.29. The summed E-state index contributed by atoms with van der Waals surface area (Å²) in [6, 6.07) is 11.2. The van der Waals surface area contributed by atoms with Crippen molar-refractivity contribution in [2.24, 2.45) is 5.73 Å². The summed E-state index contributed by atoms with van der Waals surface area (Å²) in [7, 11) is 0. The number of halogens is 3. The number of benzene rings is 2. The van der Waals surface area contributed by atoms with Crippen LogP contribution in [-0.4, -0.2) is 5.91 Å². The summed E-state index contributed by atoms with van der Waals surface area (Å²) in [6.45, 7) is 0. The summed E-state index contributed by atoms with van der Waals surface area (Å²) in [5, 5.41) is 3.56. The summed E-state index contributed by atoms with van der Waals surface area (Å²) < 4.78 is 0. The molecule has 2 aromatic rings. The number of hydrogen-bond acceptors (Lipinski definition) is 2. The third kappa shape index (κ3) is 3.44. The topological polar surface area (TPSA) is 55.1 Å². The van der Waals surface area contributed by atoms with Gasteiger partial charge in [0.15, 0.2) is 0 Å². The van der Waals surface area contributed by atoms with Crippen LogP contribution >= 0.6 is 34.8 Å². The Morgan fingerprint density at radius 1 is 1.00 bits per heavy atom. The van der Waals surface area contributed by atoms with E-state index in [1.54, 1.807) is 12.1 Å². The number of anilines is 1. The smallest absolute Gasteiger partial charge is 0.245 e. The summed E-state index contributed by atoms with van der Waals surface area (Å²) in [6.07, 6.45) is 0. The van der Waals surface area contributed by atoms with Crippen LogP contribution in [0.3, 0.4) is 0 Å². The third-order valence-electron chi connectivity index (χ3n) is 2.71. The molecule has 0 fully saturated rings. The second kappa shape index (κ2) is 6.46. The molecular weight excluding hydrogens is 319 g/mol. The lowest BCUT2D eigenvalue weighted by Gasteiger charge is -2.14. The highest BCUT2D eigenvalue weighted by atomic mass is 35.5. The van der Waals surface area contributed by atoms with Crippen molar-refractivity contribution in [2.45, 2.75) is 6.04 Å². The van der Waals surface area contributed by atoms with Gasteiger partial charge in [-0.25, -0.2) is 0 Å². The molecule has 1 amide bonds. The molecule has 0 unspecified atom stereocenters. The van der Waals surface area contributed by atoms with Gasteiger partial charge in [0.25, 0.3) is 0 Å². The Morgan fingerprint density at radius 2 is 1.60 bits per heavy atom. The molecule has 20 heavy (non-hydrogen) atoms. The summed E-state index contributed by atoms with van der Waals surface area (Å²) in [5.41, 5.74) is 6.97. The van der Waals surface area contributed by atoms with Gasteiger partial charge < -0.3 is 11.1 Å². The SMILES string of the molecule is N[C@H](C(=O)Nc1cc(Cl)c(Cl)cc1Cl)c1ccccc1. The first-order chi connectivity index (χ1) is 9.49. The Bertz CT molecular complexity index is 632. The number of carbonyl (C=O) groups excluding carboxylic acids is 1. The number of nitrogens with one attached hydrogen (secondary N) is 1. The van der Waals surface area contributed by atoms with Crippen LogP contribution in [0, 0.1) is 0 Å². The average molecular weight is 330 g/mol. The molecular formula is C14H11Cl3N2O. The van der Waals surface area contributed by atoms with E-state index >= 15 is 0 Å². The lowest BCUT2D eigenvalue weighted by Crippen LogP contribution is -2.27. The highest BCUT2D eigenvalue weighted by molar-refractivity contribution is 6.44. The molecule has 0 aliphatic rings. The minimum Gasteiger partial charge on any atom is -0.323 e. The third-order valence-corrected chi connectivity index (χ3v) is 3.74. The summed E-state index contributed by atoms with van der Waals surface area (Å²) in [5.74, 6) is -0.378. The molecule has 0 radical (unpaired) electrons. The minimum absolute atomic E-state index is 0.299. The highest BCUT2D eigenvalue weighted by Crippen LogP contribution is 2.32. The lowest BCUT2D eigenvalue weighted by molar-refractivity contribution is -0.117. The highest BCUT2D eigenvalue weighted by Gasteiger charge is 2.17. The molecule has 0 bridgehead atoms. The van der Waals surface area contributed by atoms with E-state index in [0.29, 0.717) is 26.3 Å². The standard InChI is InChI=1S/C14H11Cl3N2O/c15-9-6-11(17)12(7-10(9)16)19-14(20)13(18)8-4-2-1-3-5-8/h1-7,13H,18H2,(H,19,20)/t13-/m0/s1. The van der Waals surface area contributed by atoms with Gasteiger partial charge in [0, 0.05) is 0 Å². The van der Waals surface area contributed by atoms with Crippen molar-refractivity contribution in [3.8, 4) is 0 Å². The van der Waals surface area contributed by atoms with Crippen LogP contribution in [0.15, 0.2) is 42.5 Å². The van der Waals surface area contributed by atoms with Gasteiger partial charge in [-0.3, -0.25) is 4.79 Å². The van der Waals surface area contributed by atoms with Crippen LogP contribution < -0.4 is 11.1 Å². The number of carbonyl (C=O) groups is 1. The van der Waals surface area contributed by atoms with E-state index in [2.05, 4.69) is 5.32 Å². The molecule has 0 saturated carbocycles. The first-order valence-corrected chi connectivity index (χ1v) is 6.88.